The predicted octanol–water partition coefficient (Wildman–Crippen LogP) is 3.16. The van der Waals surface area contributed by atoms with Gasteiger partial charge in [-0.25, -0.2) is 0 Å². The molecule has 1 saturated heterocycles. The number of para-hydroxylation sites is 1. The second-order valence-electron chi connectivity index (χ2n) is 8.42. The lowest BCUT2D eigenvalue weighted by Gasteiger charge is -2.25. The van der Waals surface area contributed by atoms with Crippen molar-refractivity contribution in [2.75, 3.05) is 26.8 Å². The number of methoxy groups -OCH3 is 1. The molecule has 3 rings (SSSR count). The number of aryl methyl sites for hydroxylation is 1. The third-order valence-electron chi connectivity index (χ3n) is 5.92. The van der Waals surface area contributed by atoms with Crippen LogP contribution in [0, 0.1) is 11.3 Å². The number of ether oxygens (including phenoxy) is 2. The van der Waals surface area contributed by atoms with Crippen LogP contribution in [0.2, 0.25) is 0 Å². The van der Waals surface area contributed by atoms with Crippen molar-refractivity contribution in [3.63, 3.8) is 0 Å². The van der Waals surface area contributed by atoms with Gasteiger partial charge in [0.2, 0.25) is 0 Å². The number of nitrogens with zero attached hydrogens (tertiary/aromatic N) is 3. The summed E-state index contributed by atoms with van der Waals surface area (Å²) in [6, 6.07) is 9.90. The Labute approximate surface area is 199 Å². The summed E-state index contributed by atoms with van der Waals surface area (Å²) in [6.07, 6.45) is 5.48. The lowest BCUT2D eigenvalue weighted by atomic mass is 10.0. The number of aromatic nitrogens is 1. The molecule has 1 aromatic heterocycles. The van der Waals surface area contributed by atoms with Gasteiger partial charge >= 0.3 is 0 Å². The average molecular weight is 466 g/mol. The van der Waals surface area contributed by atoms with E-state index in [1.54, 1.807) is 38.3 Å². The number of rotatable bonds is 9. The summed E-state index contributed by atoms with van der Waals surface area (Å²) in [4.78, 5) is 40.7. The molecule has 0 bridgehead atoms. The molecular weight excluding hydrogens is 434 g/mol. The van der Waals surface area contributed by atoms with Crippen molar-refractivity contribution in [2.45, 2.75) is 51.7 Å². The minimum Gasteiger partial charge on any atom is -0.480 e. The van der Waals surface area contributed by atoms with E-state index < -0.39 is 11.7 Å². The summed E-state index contributed by atoms with van der Waals surface area (Å²) in [7, 11) is 1.57. The highest BCUT2D eigenvalue weighted by Gasteiger charge is 2.25. The average Bonchev–Trinajstić information content (AvgIpc) is 3.14. The Hall–Kier alpha value is -3.44. The van der Waals surface area contributed by atoms with Crippen molar-refractivity contribution in [2.24, 2.45) is 0 Å². The van der Waals surface area contributed by atoms with Gasteiger partial charge < -0.3 is 18.9 Å². The molecule has 1 aliphatic heterocycles. The molecule has 8 heteroatoms. The molecule has 2 heterocycles. The van der Waals surface area contributed by atoms with Crippen LogP contribution in [0.25, 0.3) is 0 Å². The van der Waals surface area contributed by atoms with Gasteiger partial charge in [0.15, 0.2) is 11.9 Å². The minimum atomic E-state index is -0.746. The number of ketones is 1. The second-order valence-corrected chi connectivity index (χ2v) is 8.42. The van der Waals surface area contributed by atoms with E-state index in [1.165, 1.54) is 16.8 Å². The van der Waals surface area contributed by atoms with Crippen molar-refractivity contribution in [1.82, 2.24) is 9.47 Å². The second kappa shape index (κ2) is 12.1. The lowest BCUT2D eigenvalue weighted by Crippen LogP contribution is -2.41. The van der Waals surface area contributed by atoms with E-state index in [4.69, 9.17) is 9.47 Å². The molecule has 0 N–H and O–H groups in total. The lowest BCUT2D eigenvalue weighted by molar-refractivity contribution is -0.137. The van der Waals surface area contributed by atoms with Crippen molar-refractivity contribution >= 4 is 11.7 Å². The number of carbonyl (C=O) groups is 2. The Bertz CT molecular complexity index is 1110. The molecule has 8 nitrogen and oxygen atoms in total. The molecule has 0 radical (unpaired) electrons. The Morgan fingerprint density at radius 3 is 2.53 bits per heavy atom. The van der Waals surface area contributed by atoms with Crippen LogP contribution in [0.3, 0.4) is 0 Å². The van der Waals surface area contributed by atoms with Crippen molar-refractivity contribution in [3.05, 3.63) is 63.6 Å². The highest BCUT2D eigenvalue weighted by Crippen LogP contribution is 2.24. The molecule has 1 aromatic carbocycles. The van der Waals surface area contributed by atoms with Gasteiger partial charge in [0, 0.05) is 45.1 Å². The number of carbonyl (C=O) groups excluding carboxylic acids is 2. The van der Waals surface area contributed by atoms with Crippen LogP contribution >= 0.6 is 0 Å². The number of pyridine rings is 1. The zero-order valence-electron chi connectivity index (χ0n) is 19.8. The number of benzene rings is 1. The molecule has 0 aliphatic carbocycles. The van der Waals surface area contributed by atoms with Crippen LogP contribution in [-0.4, -0.2) is 54.1 Å². The molecule has 1 amide bonds. The Kier molecular flexibility index (Phi) is 9.00. The van der Waals surface area contributed by atoms with E-state index in [9.17, 15) is 19.6 Å². The summed E-state index contributed by atoms with van der Waals surface area (Å²) < 4.78 is 12.4. The van der Waals surface area contributed by atoms with Crippen LogP contribution < -0.4 is 10.3 Å². The third kappa shape index (κ3) is 6.12. The molecule has 34 heavy (non-hydrogen) atoms. The topological polar surface area (TPSA) is 102 Å². The number of likely N-dealkylation sites (tertiary alicyclic amines) is 1. The van der Waals surface area contributed by atoms with E-state index in [-0.39, 0.29) is 28.4 Å². The van der Waals surface area contributed by atoms with Gasteiger partial charge in [-0.2, -0.15) is 5.26 Å². The zero-order valence-corrected chi connectivity index (χ0v) is 19.8. The van der Waals surface area contributed by atoms with Crippen molar-refractivity contribution < 1.29 is 19.1 Å². The van der Waals surface area contributed by atoms with Gasteiger partial charge in [-0.05, 0) is 44.4 Å². The van der Waals surface area contributed by atoms with Gasteiger partial charge in [0.25, 0.3) is 11.5 Å². The summed E-state index contributed by atoms with van der Waals surface area (Å²) in [5, 5.41) is 9.40. The first kappa shape index (κ1) is 25.2. The molecule has 2 aromatic rings. The predicted molar refractivity (Wildman–Crippen MR) is 127 cm³/mol. The van der Waals surface area contributed by atoms with E-state index in [0.717, 1.165) is 25.7 Å². The first-order chi connectivity index (χ1) is 16.5. The fraction of sp³-hybridized carbons (Fsp3) is 0.462. The summed E-state index contributed by atoms with van der Waals surface area (Å²) in [5.74, 6) is -0.191. The van der Waals surface area contributed by atoms with Crippen LogP contribution in [0.15, 0.2) is 41.3 Å². The quantitative estimate of drug-likeness (QED) is 0.416. The Balaban J connectivity index is 1.85. The van der Waals surface area contributed by atoms with Gasteiger partial charge in [-0.3, -0.25) is 14.4 Å². The van der Waals surface area contributed by atoms with Crippen LogP contribution in [0.1, 0.15) is 60.5 Å². The van der Waals surface area contributed by atoms with Gasteiger partial charge in [-0.1, -0.05) is 25.0 Å². The smallest absolute Gasteiger partial charge is 0.268 e. The van der Waals surface area contributed by atoms with Gasteiger partial charge in [-0.15, -0.1) is 0 Å². The molecule has 1 unspecified atom stereocenters. The minimum absolute atomic E-state index is 0.0948. The van der Waals surface area contributed by atoms with Crippen LogP contribution in [0.5, 0.6) is 5.75 Å². The fourth-order valence-electron chi connectivity index (χ4n) is 4.09. The molecule has 0 saturated carbocycles. The Morgan fingerprint density at radius 1 is 1.15 bits per heavy atom. The first-order valence-corrected chi connectivity index (χ1v) is 11.7. The monoisotopic (exact) mass is 465 g/mol. The maximum atomic E-state index is 13.4. The SMILES string of the molecule is COCCCn1cc(C(=O)c2ccccc2OC(C)C(=O)N2CCCCCC2)cc(C#N)c1=O. The van der Waals surface area contributed by atoms with Crippen LogP contribution in [0.4, 0.5) is 0 Å². The number of hydrogen-bond donors (Lipinski definition) is 0. The summed E-state index contributed by atoms with van der Waals surface area (Å²) in [5.41, 5.74) is -0.0807. The largest absolute Gasteiger partial charge is 0.480 e. The van der Waals surface area contributed by atoms with E-state index in [2.05, 4.69) is 0 Å². The molecule has 1 atom stereocenters. The van der Waals surface area contributed by atoms with E-state index in [1.807, 2.05) is 11.0 Å². The highest BCUT2D eigenvalue weighted by molar-refractivity contribution is 6.10. The van der Waals surface area contributed by atoms with E-state index in [0.29, 0.717) is 38.4 Å². The summed E-state index contributed by atoms with van der Waals surface area (Å²) >= 11 is 0. The number of amides is 1. The normalized spacial score (nSPS) is 14.7. The maximum Gasteiger partial charge on any atom is 0.268 e. The van der Waals surface area contributed by atoms with Crippen molar-refractivity contribution in [3.8, 4) is 11.8 Å². The standard InChI is InChI=1S/C26H31N3O5/c1-19(25(31)28-12-7-3-4-8-13-28)34-23-11-6-5-10-22(23)24(30)21-16-20(17-27)26(32)29(18-21)14-9-15-33-2/h5-6,10-11,16,18-19H,3-4,7-9,12-15H2,1-2H3. The highest BCUT2D eigenvalue weighted by atomic mass is 16.5. The molecule has 1 fully saturated rings. The molecular formula is C26H31N3O5. The summed E-state index contributed by atoms with van der Waals surface area (Å²) in [6.45, 7) is 3.90. The maximum absolute atomic E-state index is 13.4. The van der Waals surface area contributed by atoms with Crippen molar-refractivity contribution in [1.29, 1.82) is 5.26 Å². The molecule has 0 spiro atoms. The number of nitriles is 1. The van der Waals surface area contributed by atoms with Gasteiger partial charge in [0.05, 0.1) is 5.56 Å². The Morgan fingerprint density at radius 2 is 1.85 bits per heavy atom. The van der Waals surface area contributed by atoms with E-state index >= 15 is 0 Å². The number of hydrogen-bond acceptors (Lipinski definition) is 6. The zero-order chi connectivity index (χ0) is 24.5. The fourth-order valence-corrected chi connectivity index (χ4v) is 4.09. The molecule has 180 valence electrons. The van der Waals surface area contributed by atoms with Gasteiger partial charge in [0.1, 0.15) is 17.4 Å². The van der Waals surface area contributed by atoms with Crippen LogP contribution in [-0.2, 0) is 16.1 Å². The molecule has 1 aliphatic rings. The first-order valence-electron chi connectivity index (χ1n) is 11.7. The third-order valence-corrected chi connectivity index (χ3v) is 5.92.